The van der Waals surface area contributed by atoms with Crippen LogP contribution in [0.15, 0.2) is 36.4 Å². The largest absolute Gasteiger partial charge is 0.398 e. The smallest absolute Gasteiger partial charge is 0.151 e. The number of aromatic nitrogens is 2. The summed E-state index contributed by atoms with van der Waals surface area (Å²) in [6, 6.07) is 12.6. The van der Waals surface area contributed by atoms with Crippen molar-refractivity contribution in [2.24, 2.45) is 0 Å². The number of nitrogens with two attached hydrogens (primary N) is 1. The molecule has 1 aliphatic carbocycles. The van der Waals surface area contributed by atoms with Gasteiger partial charge in [0.25, 0.3) is 0 Å². The van der Waals surface area contributed by atoms with Gasteiger partial charge in [0, 0.05) is 18.3 Å². The van der Waals surface area contributed by atoms with Crippen molar-refractivity contribution in [2.75, 3.05) is 10.6 Å². The molecular formula is C15H18N4. The number of hydrogen-bond acceptors (Lipinski definition) is 4. The van der Waals surface area contributed by atoms with E-state index in [2.05, 4.69) is 21.2 Å². The summed E-state index contributed by atoms with van der Waals surface area (Å²) in [5, 5.41) is 8.45. The predicted molar refractivity (Wildman–Crippen MR) is 76.8 cm³/mol. The molecule has 3 rings (SSSR count). The molecule has 0 saturated heterocycles. The molecule has 1 aliphatic rings. The second-order valence-electron chi connectivity index (χ2n) is 5.09. The molecule has 1 aromatic heterocycles. The zero-order chi connectivity index (χ0) is 13.2. The maximum absolute atomic E-state index is 6.03. The minimum atomic E-state index is 0.580. The van der Waals surface area contributed by atoms with Crippen LogP contribution in [0.1, 0.15) is 24.1 Å². The van der Waals surface area contributed by atoms with Crippen LogP contribution in [-0.4, -0.2) is 16.2 Å². The first-order chi connectivity index (χ1) is 9.24. The summed E-state index contributed by atoms with van der Waals surface area (Å²) < 4.78 is 0. The van der Waals surface area contributed by atoms with Crippen LogP contribution in [0.5, 0.6) is 0 Å². The van der Waals surface area contributed by atoms with Gasteiger partial charge in [-0.3, -0.25) is 0 Å². The van der Waals surface area contributed by atoms with Crippen LogP contribution in [-0.2, 0) is 6.54 Å². The third-order valence-electron chi connectivity index (χ3n) is 3.46. The molecule has 2 N–H and O–H groups in total. The molecule has 4 nitrogen and oxygen atoms in total. The van der Waals surface area contributed by atoms with Crippen molar-refractivity contribution < 1.29 is 0 Å². The fourth-order valence-corrected chi connectivity index (χ4v) is 2.19. The van der Waals surface area contributed by atoms with Crippen molar-refractivity contribution in [1.82, 2.24) is 10.2 Å². The summed E-state index contributed by atoms with van der Waals surface area (Å²) in [4.78, 5) is 2.30. The van der Waals surface area contributed by atoms with E-state index in [1.54, 1.807) is 0 Å². The Kier molecular flexibility index (Phi) is 3.07. The minimum Gasteiger partial charge on any atom is -0.398 e. The van der Waals surface area contributed by atoms with Gasteiger partial charge in [-0.1, -0.05) is 18.2 Å². The van der Waals surface area contributed by atoms with Crippen LogP contribution in [0.3, 0.4) is 0 Å². The monoisotopic (exact) mass is 254 g/mol. The van der Waals surface area contributed by atoms with Crippen LogP contribution in [0.25, 0.3) is 0 Å². The number of aryl methyl sites for hydroxylation is 1. The Morgan fingerprint density at radius 2 is 1.95 bits per heavy atom. The predicted octanol–water partition coefficient (Wildman–Crippen LogP) is 2.54. The van der Waals surface area contributed by atoms with Gasteiger partial charge in [-0.25, -0.2) is 0 Å². The topological polar surface area (TPSA) is 55.0 Å². The number of para-hydroxylation sites is 1. The molecule has 0 amide bonds. The highest BCUT2D eigenvalue weighted by atomic mass is 15.3. The second kappa shape index (κ2) is 4.88. The zero-order valence-electron chi connectivity index (χ0n) is 11.1. The number of benzene rings is 1. The first-order valence-electron chi connectivity index (χ1n) is 6.64. The number of anilines is 2. The molecule has 98 valence electrons. The maximum Gasteiger partial charge on any atom is 0.151 e. The van der Waals surface area contributed by atoms with Crippen molar-refractivity contribution in [2.45, 2.75) is 32.4 Å². The van der Waals surface area contributed by atoms with Crippen LogP contribution >= 0.6 is 0 Å². The van der Waals surface area contributed by atoms with Gasteiger partial charge in [0.1, 0.15) is 0 Å². The Balaban J connectivity index is 1.86. The molecule has 0 radical (unpaired) electrons. The third kappa shape index (κ3) is 2.67. The van der Waals surface area contributed by atoms with E-state index >= 15 is 0 Å². The average molecular weight is 254 g/mol. The van der Waals surface area contributed by atoms with Gasteiger partial charge >= 0.3 is 0 Å². The molecule has 4 heteroatoms. The van der Waals surface area contributed by atoms with Crippen LogP contribution < -0.4 is 10.6 Å². The summed E-state index contributed by atoms with van der Waals surface area (Å²) in [7, 11) is 0. The average Bonchev–Trinajstić information content (AvgIpc) is 3.24. The normalized spacial score (nSPS) is 14.4. The SMILES string of the molecule is Cc1ccc(N(Cc2ccccc2N)C2CC2)nn1. The van der Waals surface area contributed by atoms with E-state index < -0.39 is 0 Å². The first kappa shape index (κ1) is 12.0. The molecular weight excluding hydrogens is 236 g/mol. The van der Waals surface area contributed by atoms with Crippen molar-refractivity contribution in [3.8, 4) is 0 Å². The standard InChI is InChI=1S/C15H18N4/c1-11-6-9-15(18-17-11)19(13-7-8-13)10-12-4-2-3-5-14(12)16/h2-6,9,13H,7-8,10,16H2,1H3. The number of rotatable bonds is 4. The lowest BCUT2D eigenvalue weighted by atomic mass is 10.1. The second-order valence-corrected chi connectivity index (χ2v) is 5.09. The Morgan fingerprint density at radius 1 is 1.16 bits per heavy atom. The zero-order valence-corrected chi connectivity index (χ0v) is 11.1. The Hall–Kier alpha value is -2.10. The number of nitrogen functional groups attached to an aromatic ring is 1. The van der Waals surface area contributed by atoms with Crippen LogP contribution in [0, 0.1) is 6.92 Å². The van der Waals surface area contributed by atoms with E-state index in [-0.39, 0.29) is 0 Å². The van der Waals surface area contributed by atoms with E-state index in [1.807, 2.05) is 37.3 Å². The highest BCUT2D eigenvalue weighted by molar-refractivity contribution is 5.50. The molecule has 0 spiro atoms. The Morgan fingerprint density at radius 3 is 2.58 bits per heavy atom. The van der Waals surface area contributed by atoms with Gasteiger partial charge in [0.05, 0.1) is 5.69 Å². The highest BCUT2D eigenvalue weighted by Crippen LogP contribution is 2.32. The molecule has 0 bridgehead atoms. The van der Waals surface area contributed by atoms with Crippen molar-refractivity contribution in [1.29, 1.82) is 0 Å². The van der Waals surface area contributed by atoms with Crippen LogP contribution in [0.2, 0.25) is 0 Å². The van der Waals surface area contributed by atoms with Crippen molar-refractivity contribution >= 4 is 11.5 Å². The molecule has 2 aromatic rings. The number of nitrogens with zero attached hydrogens (tertiary/aromatic N) is 3. The maximum atomic E-state index is 6.03. The summed E-state index contributed by atoms with van der Waals surface area (Å²) in [6.07, 6.45) is 2.45. The summed E-state index contributed by atoms with van der Waals surface area (Å²) in [5.74, 6) is 0.941. The molecule has 0 unspecified atom stereocenters. The quantitative estimate of drug-likeness (QED) is 0.852. The van der Waals surface area contributed by atoms with E-state index in [9.17, 15) is 0 Å². The molecule has 1 saturated carbocycles. The molecule has 0 atom stereocenters. The van der Waals surface area contributed by atoms with E-state index in [0.717, 1.165) is 29.3 Å². The molecule has 1 heterocycles. The van der Waals surface area contributed by atoms with Crippen molar-refractivity contribution in [3.05, 3.63) is 47.7 Å². The minimum absolute atomic E-state index is 0.580. The molecule has 0 aliphatic heterocycles. The van der Waals surface area contributed by atoms with E-state index in [4.69, 9.17) is 5.73 Å². The number of hydrogen-bond donors (Lipinski definition) is 1. The first-order valence-corrected chi connectivity index (χ1v) is 6.64. The molecule has 1 fully saturated rings. The fourth-order valence-electron chi connectivity index (χ4n) is 2.19. The van der Waals surface area contributed by atoms with E-state index in [1.165, 1.54) is 12.8 Å². The Bertz CT molecular complexity index is 561. The fraction of sp³-hybridized carbons (Fsp3) is 0.333. The molecule has 19 heavy (non-hydrogen) atoms. The highest BCUT2D eigenvalue weighted by Gasteiger charge is 2.30. The molecule has 1 aromatic carbocycles. The van der Waals surface area contributed by atoms with Gasteiger partial charge < -0.3 is 10.6 Å². The van der Waals surface area contributed by atoms with Crippen LogP contribution in [0.4, 0.5) is 11.5 Å². The van der Waals surface area contributed by atoms with Crippen molar-refractivity contribution in [3.63, 3.8) is 0 Å². The summed E-state index contributed by atoms with van der Waals surface area (Å²) in [6.45, 7) is 2.75. The lowest BCUT2D eigenvalue weighted by Crippen LogP contribution is -2.26. The third-order valence-corrected chi connectivity index (χ3v) is 3.46. The summed E-state index contributed by atoms with van der Waals surface area (Å²) >= 11 is 0. The van der Waals surface area contributed by atoms with Gasteiger partial charge in [-0.15, -0.1) is 5.10 Å². The lowest BCUT2D eigenvalue weighted by Gasteiger charge is -2.23. The lowest BCUT2D eigenvalue weighted by molar-refractivity contribution is 0.762. The van der Waals surface area contributed by atoms with E-state index in [0.29, 0.717) is 6.04 Å². The van der Waals surface area contributed by atoms with Gasteiger partial charge in [0.2, 0.25) is 0 Å². The van der Waals surface area contributed by atoms with Gasteiger partial charge in [-0.2, -0.15) is 5.10 Å². The summed E-state index contributed by atoms with van der Waals surface area (Å²) in [5.41, 5.74) is 8.96. The Labute approximate surface area is 113 Å². The van der Waals surface area contributed by atoms with Gasteiger partial charge in [-0.05, 0) is 43.5 Å². The van der Waals surface area contributed by atoms with Gasteiger partial charge in [0.15, 0.2) is 5.82 Å².